The summed E-state index contributed by atoms with van der Waals surface area (Å²) in [7, 11) is 0. The fourth-order valence-corrected chi connectivity index (χ4v) is 1.97. The monoisotopic (exact) mass is 287 g/mol. The summed E-state index contributed by atoms with van der Waals surface area (Å²) in [5.41, 5.74) is 2.24. The molecular weight excluding hydrogens is 269 g/mol. The summed E-state index contributed by atoms with van der Waals surface area (Å²) in [6, 6.07) is 11.8. The summed E-state index contributed by atoms with van der Waals surface area (Å²) in [6.45, 7) is 5.55. The molecule has 0 fully saturated rings. The molecule has 1 atom stereocenters. The summed E-state index contributed by atoms with van der Waals surface area (Å²) < 4.78 is 19.1. The standard InChI is InChI=1S/C17H18FNO2/c1-11-8-9-16(12(2)10-11)21-13(3)17(20)19-15-7-5-4-6-14(15)18/h4-10,13H,1-3H3,(H,19,20). The first-order chi connectivity index (χ1) is 9.97. The highest BCUT2D eigenvalue weighted by molar-refractivity contribution is 5.94. The van der Waals surface area contributed by atoms with Gasteiger partial charge in [-0.05, 0) is 44.5 Å². The topological polar surface area (TPSA) is 38.3 Å². The van der Waals surface area contributed by atoms with Crippen molar-refractivity contribution in [1.82, 2.24) is 0 Å². The zero-order valence-corrected chi connectivity index (χ0v) is 12.3. The SMILES string of the molecule is Cc1ccc(OC(C)C(=O)Nc2ccccc2F)c(C)c1. The maximum absolute atomic E-state index is 13.5. The van der Waals surface area contributed by atoms with Crippen LogP contribution in [0.2, 0.25) is 0 Å². The van der Waals surface area contributed by atoms with Gasteiger partial charge >= 0.3 is 0 Å². The first-order valence-corrected chi connectivity index (χ1v) is 6.76. The first kappa shape index (κ1) is 15.0. The summed E-state index contributed by atoms with van der Waals surface area (Å²) >= 11 is 0. The van der Waals surface area contributed by atoms with E-state index in [1.165, 1.54) is 12.1 Å². The largest absolute Gasteiger partial charge is 0.481 e. The molecule has 0 heterocycles. The zero-order chi connectivity index (χ0) is 15.4. The fraction of sp³-hybridized carbons (Fsp3) is 0.235. The van der Waals surface area contributed by atoms with Crippen LogP contribution < -0.4 is 10.1 Å². The van der Waals surface area contributed by atoms with E-state index in [0.717, 1.165) is 11.1 Å². The van der Waals surface area contributed by atoms with Crippen LogP contribution >= 0.6 is 0 Å². The van der Waals surface area contributed by atoms with E-state index in [1.54, 1.807) is 19.1 Å². The Labute approximate surface area is 123 Å². The molecule has 4 heteroatoms. The van der Waals surface area contributed by atoms with Gasteiger partial charge in [-0.1, -0.05) is 29.8 Å². The molecule has 0 radical (unpaired) electrons. The van der Waals surface area contributed by atoms with E-state index >= 15 is 0 Å². The molecule has 1 amide bonds. The minimum absolute atomic E-state index is 0.151. The quantitative estimate of drug-likeness (QED) is 0.927. The second-order valence-corrected chi connectivity index (χ2v) is 5.00. The number of anilines is 1. The molecular formula is C17H18FNO2. The summed E-state index contributed by atoms with van der Waals surface area (Å²) in [5.74, 6) is -0.207. The Morgan fingerprint density at radius 2 is 1.90 bits per heavy atom. The predicted octanol–water partition coefficient (Wildman–Crippen LogP) is 3.85. The molecule has 2 rings (SSSR count). The molecule has 1 unspecified atom stereocenters. The normalized spacial score (nSPS) is 11.8. The van der Waals surface area contributed by atoms with Gasteiger partial charge in [0.15, 0.2) is 6.10 Å². The number of amides is 1. The fourth-order valence-electron chi connectivity index (χ4n) is 1.97. The van der Waals surface area contributed by atoms with Crippen molar-refractivity contribution in [2.24, 2.45) is 0 Å². The molecule has 2 aromatic rings. The van der Waals surface area contributed by atoms with Crippen molar-refractivity contribution in [2.75, 3.05) is 5.32 Å². The van der Waals surface area contributed by atoms with Gasteiger partial charge in [-0.3, -0.25) is 4.79 Å². The zero-order valence-electron chi connectivity index (χ0n) is 12.3. The van der Waals surface area contributed by atoms with Crippen LogP contribution in [0, 0.1) is 19.7 Å². The van der Waals surface area contributed by atoms with Crippen molar-refractivity contribution in [3.63, 3.8) is 0 Å². The van der Waals surface area contributed by atoms with Crippen LogP contribution in [0.3, 0.4) is 0 Å². The van der Waals surface area contributed by atoms with Gasteiger partial charge in [0.25, 0.3) is 5.91 Å². The molecule has 3 nitrogen and oxygen atoms in total. The van der Waals surface area contributed by atoms with Gasteiger partial charge in [-0.15, -0.1) is 0 Å². The number of aryl methyl sites for hydroxylation is 2. The maximum atomic E-state index is 13.5. The molecule has 0 spiro atoms. The van der Waals surface area contributed by atoms with Gasteiger partial charge in [-0.25, -0.2) is 4.39 Å². The van der Waals surface area contributed by atoms with Crippen LogP contribution in [0.5, 0.6) is 5.75 Å². The van der Waals surface area contributed by atoms with Gasteiger partial charge < -0.3 is 10.1 Å². The predicted molar refractivity (Wildman–Crippen MR) is 81.0 cm³/mol. The van der Waals surface area contributed by atoms with Crippen molar-refractivity contribution in [3.05, 3.63) is 59.4 Å². The van der Waals surface area contributed by atoms with Crippen LogP contribution in [0.4, 0.5) is 10.1 Å². The molecule has 0 aliphatic heterocycles. The van der Waals surface area contributed by atoms with E-state index in [1.807, 2.05) is 32.0 Å². The highest BCUT2D eigenvalue weighted by Gasteiger charge is 2.17. The van der Waals surface area contributed by atoms with Crippen LogP contribution in [0.25, 0.3) is 0 Å². The maximum Gasteiger partial charge on any atom is 0.265 e. The van der Waals surface area contributed by atoms with Gasteiger partial charge in [-0.2, -0.15) is 0 Å². The Balaban J connectivity index is 2.04. The minimum atomic E-state index is -0.717. The van der Waals surface area contributed by atoms with E-state index in [4.69, 9.17) is 4.74 Å². The van der Waals surface area contributed by atoms with Gasteiger partial charge in [0.2, 0.25) is 0 Å². The summed E-state index contributed by atoms with van der Waals surface area (Å²) in [5, 5.41) is 2.52. The highest BCUT2D eigenvalue weighted by atomic mass is 19.1. The average molecular weight is 287 g/mol. The number of hydrogen-bond acceptors (Lipinski definition) is 2. The Bertz CT molecular complexity index is 655. The van der Waals surface area contributed by atoms with Crippen molar-refractivity contribution in [1.29, 1.82) is 0 Å². The molecule has 2 aromatic carbocycles. The number of hydrogen-bond donors (Lipinski definition) is 1. The Morgan fingerprint density at radius 3 is 2.57 bits per heavy atom. The lowest BCUT2D eigenvalue weighted by molar-refractivity contribution is -0.122. The number of nitrogens with one attached hydrogen (secondary N) is 1. The van der Waals surface area contributed by atoms with Crippen LogP contribution in [-0.4, -0.2) is 12.0 Å². The Hall–Kier alpha value is -2.36. The van der Waals surface area contributed by atoms with Gasteiger partial charge in [0.1, 0.15) is 11.6 Å². The second-order valence-electron chi connectivity index (χ2n) is 5.00. The van der Waals surface area contributed by atoms with E-state index in [2.05, 4.69) is 5.32 Å². The molecule has 0 saturated heterocycles. The van der Waals surface area contributed by atoms with Crippen LogP contribution in [-0.2, 0) is 4.79 Å². The van der Waals surface area contributed by atoms with E-state index in [0.29, 0.717) is 5.75 Å². The number of carbonyl (C=O) groups is 1. The number of carbonyl (C=O) groups excluding carboxylic acids is 1. The first-order valence-electron chi connectivity index (χ1n) is 6.76. The number of ether oxygens (including phenoxy) is 1. The van der Waals surface area contributed by atoms with Gasteiger partial charge in [0, 0.05) is 0 Å². The second kappa shape index (κ2) is 6.39. The highest BCUT2D eigenvalue weighted by Crippen LogP contribution is 2.20. The van der Waals surface area contributed by atoms with Crippen molar-refractivity contribution in [3.8, 4) is 5.75 Å². The summed E-state index contributed by atoms with van der Waals surface area (Å²) in [4.78, 5) is 12.0. The number of para-hydroxylation sites is 1. The van der Waals surface area contributed by atoms with E-state index < -0.39 is 11.9 Å². The van der Waals surface area contributed by atoms with Crippen molar-refractivity contribution in [2.45, 2.75) is 26.9 Å². The molecule has 110 valence electrons. The third-order valence-electron chi connectivity index (χ3n) is 3.14. The van der Waals surface area contributed by atoms with Crippen LogP contribution in [0.1, 0.15) is 18.1 Å². The number of halogens is 1. The average Bonchev–Trinajstić information content (AvgIpc) is 2.44. The number of rotatable bonds is 4. The lowest BCUT2D eigenvalue weighted by Gasteiger charge is -2.16. The smallest absolute Gasteiger partial charge is 0.265 e. The molecule has 0 bridgehead atoms. The summed E-state index contributed by atoms with van der Waals surface area (Å²) in [6.07, 6.45) is -0.717. The Kier molecular flexibility index (Phi) is 4.58. The molecule has 21 heavy (non-hydrogen) atoms. The van der Waals surface area contributed by atoms with Gasteiger partial charge in [0.05, 0.1) is 5.69 Å². The van der Waals surface area contributed by atoms with Crippen LogP contribution in [0.15, 0.2) is 42.5 Å². The molecule has 0 aliphatic rings. The molecule has 0 aromatic heterocycles. The minimum Gasteiger partial charge on any atom is -0.481 e. The lowest BCUT2D eigenvalue weighted by Crippen LogP contribution is -2.30. The molecule has 0 aliphatic carbocycles. The van der Waals surface area contributed by atoms with E-state index in [-0.39, 0.29) is 11.6 Å². The third kappa shape index (κ3) is 3.81. The Morgan fingerprint density at radius 1 is 1.19 bits per heavy atom. The van der Waals surface area contributed by atoms with E-state index in [9.17, 15) is 9.18 Å². The molecule has 1 N–H and O–H groups in total. The molecule has 0 saturated carbocycles. The third-order valence-corrected chi connectivity index (χ3v) is 3.14. The number of benzene rings is 2. The van der Waals surface area contributed by atoms with Crippen molar-refractivity contribution < 1.29 is 13.9 Å². The lowest BCUT2D eigenvalue weighted by atomic mass is 10.1. The van der Waals surface area contributed by atoms with Crippen molar-refractivity contribution >= 4 is 11.6 Å².